The van der Waals surface area contributed by atoms with Crippen LogP contribution in [0.25, 0.3) is 22.4 Å². The minimum Gasteiger partial charge on any atom is -0.338 e. The second-order valence-corrected chi connectivity index (χ2v) is 5.61. The van der Waals surface area contributed by atoms with Gasteiger partial charge in [0.05, 0.1) is 11.0 Å². The van der Waals surface area contributed by atoms with Crippen molar-refractivity contribution in [3.8, 4) is 11.4 Å². The van der Waals surface area contributed by atoms with Gasteiger partial charge in [0, 0.05) is 21.6 Å². The van der Waals surface area contributed by atoms with Gasteiger partial charge in [-0.2, -0.15) is 0 Å². The van der Waals surface area contributed by atoms with Crippen LogP contribution in [0.4, 0.5) is 0 Å². The second kappa shape index (κ2) is 4.96. The molecule has 5 heteroatoms. The fourth-order valence-electron chi connectivity index (χ4n) is 2.08. The van der Waals surface area contributed by atoms with Gasteiger partial charge in [-0.25, -0.2) is 4.98 Å². The van der Waals surface area contributed by atoms with Crippen molar-refractivity contribution in [1.29, 1.82) is 0 Å². The normalized spacial score (nSPS) is 11.1. The van der Waals surface area contributed by atoms with Gasteiger partial charge in [0.2, 0.25) is 0 Å². The number of hydrogen-bond donors (Lipinski definition) is 2. The number of benzene rings is 2. The first-order chi connectivity index (χ1) is 9.17. The monoisotopic (exact) mass is 335 g/mol. The van der Waals surface area contributed by atoms with E-state index < -0.39 is 0 Å². The number of imidazole rings is 1. The van der Waals surface area contributed by atoms with Crippen LogP contribution in [0.3, 0.4) is 0 Å². The Bertz CT molecular complexity index is 731. The molecule has 0 amide bonds. The molecule has 3 aromatic rings. The summed E-state index contributed by atoms with van der Waals surface area (Å²) in [6, 6.07) is 11.7. The maximum absolute atomic E-state index is 6.07. The molecular weight excluding hydrogens is 326 g/mol. The molecule has 0 radical (unpaired) electrons. The summed E-state index contributed by atoms with van der Waals surface area (Å²) in [6.07, 6.45) is 0. The summed E-state index contributed by atoms with van der Waals surface area (Å²) in [7, 11) is 0. The zero-order valence-corrected chi connectivity index (χ0v) is 12.3. The molecule has 0 unspecified atom stereocenters. The lowest BCUT2D eigenvalue weighted by Gasteiger charge is -1.99. The number of aromatic nitrogens is 2. The summed E-state index contributed by atoms with van der Waals surface area (Å²) in [6.45, 7) is 0.473. The summed E-state index contributed by atoms with van der Waals surface area (Å²) in [5, 5.41) is 0.670. The van der Waals surface area contributed by atoms with Crippen molar-refractivity contribution < 1.29 is 0 Å². The SMILES string of the molecule is NCc1cccc2[nH]c(-c3cc(Cl)cc(Br)c3)nc12. The van der Waals surface area contributed by atoms with Crippen LogP contribution in [0, 0.1) is 0 Å². The highest BCUT2D eigenvalue weighted by atomic mass is 79.9. The molecule has 1 aromatic heterocycles. The van der Waals surface area contributed by atoms with Crippen molar-refractivity contribution in [2.45, 2.75) is 6.54 Å². The topological polar surface area (TPSA) is 54.7 Å². The first-order valence-electron chi connectivity index (χ1n) is 5.81. The summed E-state index contributed by atoms with van der Waals surface area (Å²) in [4.78, 5) is 7.92. The molecule has 96 valence electrons. The van der Waals surface area contributed by atoms with E-state index >= 15 is 0 Å². The minimum atomic E-state index is 0.473. The molecular formula is C14H11BrClN3. The van der Waals surface area contributed by atoms with Crippen LogP contribution in [0.5, 0.6) is 0 Å². The van der Waals surface area contributed by atoms with E-state index in [1.54, 1.807) is 0 Å². The maximum Gasteiger partial charge on any atom is 0.138 e. The van der Waals surface area contributed by atoms with Crippen molar-refractivity contribution in [2.24, 2.45) is 5.73 Å². The first kappa shape index (κ1) is 12.7. The van der Waals surface area contributed by atoms with E-state index in [-0.39, 0.29) is 0 Å². The van der Waals surface area contributed by atoms with Gasteiger partial charge in [-0.1, -0.05) is 39.7 Å². The number of fused-ring (bicyclic) bond motifs is 1. The van der Waals surface area contributed by atoms with E-state index in [0.29, 0.717) is 11.6 Å². The van der Waals surface area contributed by atoms with Gasteiger partial charge < -0.3 is 10.7 Å². The Kier molecular flexibility index (Phi) is 3.31. The van der Waals surface area contributed by atoms with E-state index in [0.717, 1.165) is 32.5 Å². The maximum atomic E-state index is 6.07. The van der Waals surface area contributed by atoms with Crippen molar-refractivity contribution in [1.82, 2.24) is 9.97 Å². The van der Waals surface area contributed by atoms with Gasteiger partial charge in [-0.3, -0.25) is 0 Å². The first-order valence-corrected chi connectivity index (χ1v) is 6.98. The number of hydrogen-bond acceptors (Lipinski definition) is 2. The Balaban J connectivity index is 2.20. The molecule has 3 rings (SSSR count). The van der Waals surface area contributed by atoms with Gasteiger partial charge >= 0.3 is 0 Å². The van der Waals surface area contributed by atoms with Gasteiger partial charge in [0.15, 0.2) is 0 Å². The Morgan fingerprint density at radius 3 is 2.84 bits per heavy atom. The quantitative estimate of drug-likeness (QED) is 0.740. The molecule has 0 bridgehead atoms. The summed E-state index contributed by atoms with van der Waals surface area (Å²) in [5.41, 5.74) is 9.60. The predicted octanol–water partition coefficient (Wildman–Crippen LogP) is 4.10. The van der Waals surface area contributed by atoms with Crippen LogP contribution < -0.4 is 5.73 Å². The highest BCUT2D eigenvalue weighted by Gasteiger charge is 2.09. The standard InChI is InChI=1S/C14H11BrClN3/c15-10-4-9(5-11(16)6-10)14-18-12-3-1-2-8(7-17)13(12)19-14/h1-6H,7,17H2,(H,18,19). The number of nitrogens with two attached hydrogens (primary N) is 1. The Labute approximate surface area is 123 Å². The van der Waals surface area contributed by atoms with E-state index in [1.807, 2.05) is 36.4 Å². The zero-order chi connectivity index (χ0) is 13.4. The van der Waals surface area contributed by atoms with E-state index in [2.05, 4.69) is 25.9 Å². The number of H-pyrrole nitrogens is 1. The van der Waals surface area contributed by atoms with Crippen LogP contribution >= 0.6 is 27.5 Å². The third-order valence-electron chi connectivity index (χ3n) is 2.95. The van der Waals surface area contributed by atoms with Crippen LogP contribution in [-0.2, 0) is 6.54 Å². The lowest BCUT2D eigenvalue weighted by Crippen LogP contribution is -1.96. The van der Waals surface area contributed by atoms with Crippen molar-refractivity contribution in [2.75, 3.05) is 0 Å². The number of aromatic amines is 1. The second-order valence-electron chi connectivity index (χ2n) is 4.26. The Morgan fingerprint density at radius 2 is 2.11 bits per heavy atom. The fraction of sp³-hybridized carbons (Fsp3) is 0.0714. The van der Waals surface area contributed by atoms with Crippen LogP contribution in [0.2, 0.25) is 5.02 Å². The van der Waals surface area contributed by atoms with Gasteiger partial charge in [-0.15, -0.1) is 0 Å². The largest absolute Gasteiger partial charge is 0.338 e. The van der Waals surface area contributed by atoms with Crippen LogP contribution in [-0.4, -0.2) is 9.97 Å². The average molecular weight is 337 g/mol. The van der Waals surface area contributed by atoms with Crippen LogP contribution in [0.1, 0.15) is 5.56 Å². The summed E-state index contributed by atoms with van der Waals surface area (Å²) < 4.78 is 0.925. The third kappa shape index (κ3) is 2.39. The molecule has 3 N–H and O–H groups in total. The molecule has 2 aromatic carbocycles. The van der Waals surface area contributed by atoms with Crippen molar-refractivity contribution >= 4 is 38.6 Å². The molecule has 0 fully saturated rings. The van der Waals surface area contributed by atoms with E-state index in [9.17, 15) is 0 Å². The molecule has 3 nitrogen and oxygen atoms in total. The van der Waals surface area contributed by atoms with Crippen molar-refractivity contribution in [3.05, 3.63) is 51.5 Å². The molecule has 0 atom stereocenters. The number of nitrogens with one attached hydrogen (secondary N) is 1. The van der Waals surface area contributed by atoms with Gasteiger partial charge in [0.1, 0.15) is 5.82 Å². The average Bonchev–Trinajstić information content (AvgIpc) is 2.81. The van der Waals surface area contributed by atoms with Crippen LogP contribution in [0.15, 0.2) is 40.9 Å². The zero-order valence-electron chi connectivity index (χ0n) is 9.95. The van der Waals surface area contributed by atoms with Gasteiger partial charge in [0.25, 0.3) is 0 Å². The minimum absolute atomic E-state index is 0.473. The summed E-state index contributed by atoms with van der Waals surface area (Å²) in [5.74, 6) is 0.791. The molecule has 0 aliphatic carbocycles. The lowest BCUT2D eigenvalue weighted by atomic mass is 10.2. The number of rotatable bonds is 2. The summed E-state index contributed by atoms with van der Waals surface area (Å²) >= 11 is 9.50. The molecule has 0 saturated carbocycles. The molecule has 0 aliphatic rings. The fourth-order valence-corrected chi connectivity index (χ4v) is 2.94. The smallest absolute Gasteiger partial charge is 0.138 e. The number of halogens is 2. The van der Waals surface area contributed by atoms with E-state index in [4.69, 9.17) is 17.3 Å². The predicted molar refractivity (Wildman–Crippen MR) is 82.1 cm³/mol. The highest BCUT2D eigenvalue weighted by molar-refractivity contribution is 9.10. The molecule has 19 heavy (non-hydrogen) atoms. The molecule has 0 saturated heterocycles. The van der Waals surface area contributed by atoms with Crippen molar-refractivity contribution in [3.63, 3.8) is 0 Å². The lowest BCUT2D eigenvalue weighted by molar-refractivity contribution is 1.08. The molecule has 1 heterocycles. The highest BCUT2D eigenvalue weighted by Crippen LogP contribution is 2.28. The molecule has 0 spiro atoms. The van der Waals surface area contributed by atoms with E-state index in [1.165, 1.54) is 0 Å². The number of para-hydroxylation sites is 1. The number of nitrogens with zero attached hydrogens (tertiary/aromatic N) is 1. The third-order valence-corrected chi connectivity index (χ3v) is 3.63. The van der Waals surface area contributed by atoms with Gasteiger partial charge in [-0.05, 0) is 29.8 Å². The molecule has 0 aliphatic heterocycles. The Hall–Kier alpha value is -1.36. The Morgan fingerprint density at radius 1 is 1.26 bits per heavy atom.